The zero-order valence-electron chi connectivity index (χ0n) is 7.20. The molecule has 0 aromatic carbocycles. The summed E-state index contributed by atoms with van der Waals surface area (Å²) in [5.41, 5.74) is -0.0513. The van der Waals surface area contributed by atoms with E-state index in [4.69, 9.17) is 0 Å². The van der Waals surface area contributed by atoms with E-state index < -0.39 is 0 Å². The van der Waals surface area contributed by atoms with Crippen LogP contribution in [0, 0.1) is 0 Å². The fourth-order valence-corrected chi connectivity index (χ4v) is 1.26. The highest BCUT2D eigenvalue weighted by Crippen LogP contribution is 2.13. The first kappa shape index (κ1) is 9.85. The predicted molar refractivity (Wildman–Crippen MR) is 52.2 cm³/mol. The Kier molecular flexibility index (Phi) is 3.13. The van der Waals surface area contributed by atoms with Crippen molar-refractivity contribution in [3.63, 3.8) is 0 Å². The Morgan fingerprint density at radius 3 is 2.92 bits per heavy atom. The van der Waals surface area contributed by atoms with E-state index in [0.29, 0.717) is 11.6 Å². The van der Waals surface area contributed by atoms with Crippen LogP contribution in [-0.2, 0) is 6.42 Å². The smallest absolute Gasteiger partial charge is 0.258 e. The van der Waals surface area contributed by atoms with Crippen molar-refractivity contribution in [2.45, 2.75) is 11.6 Å². The summed E-state index contributed by atoms with van der Waals surface area (Å²) < 4.78 is 0. The molecule has 0 saturated heterocycles. The van der Waals surface area contributed by atoms with Gasteiger partial charge in [-0.15, -0.1) is 6.58 Å². The van der Waals surface area contributed by atoms with Gasteiger partial charge in [0.2, 0.25) is 5.88 Å². The minimum atomic E-state index is -0.309. The second kappa shape index (κ2) is 4.13. The van der Waals surface area contributed by atoms with Crippen molar-refractivity contribution in [3.05, 3.63) is 28.6 Å². The fraction of sp³-hybridized carbons (Fsp3) is 0.250. The highest BCUT2D eigenvalue weighted by atomic mass is 32.2. The van der Waals surface area contributed by atoms with Gasteiger partial charge in [0.25, 0.3) is 5.56 Å². The second-order valence-corrected chi connectivity index (χ2v) is 3.17. The van der Waals surface area contributed by atoms with Crippen molar-refractivity contribution in [3.8, 4) is 5.88 Å². The van der Waals surface area contributed by atoms with Crippen LogP contribution in [0.4, 0.5) is 0 Å². The highest BCUT2D eigenvalue weighted by molar-refractivity contribution is 7.98. The summed E-state index contributed by atoms with van der Waals surface area (Å²) in [4.78, 5) is 17.6. The molecule has 0 radical (unpaired) electrons. The van der Waals surface area contributed by atoms with Gasteiger partial charge in [0.1, 0.15) is 0 Å². The van der Waals surface area contributed by atoms with Crippen molar-refractivity contribution >= 4 is 11.8 Å². The number of nitrogens with zero attached hydrogens (tertiary/aromatic N) is 1. The van der Waals surface area contributed by atoms with Gasteiger partial charge in [0.15, 0.2) is 5.16 Å². The van der Waals surface area contributed by atoms with Gasteiger partial charge in [-0.2, -0.15) is 4.98 Å². The number of hydrogen-bond donors (Lipinski definition) is 2. The Labute approximate surface area is 79.7 Å². The van der Waals surface area contributed by atoms with Crippen LogP contribution in [0.1, 0.15) is 5.56 Å². The molecule has 0 atom stereocenters. The van der Waals surface area contributed by atoms with Crippen molar-refractivity contribution < 1.29 is 5.11 Å². The third-order valence-electron chi connectivity index (χ3n) is 1.51. The number of allylic oxidation sites excluding steroid dienone is 1. The Balaban J connectivity index is 3.23. The molecular formula is C8H10N2O2S. The quantitative estimate of drug-likeness (QED) is 0.430. The topological polar surface area (TPSA) is 66.0 Å². The Bertz CT molecular complexity index is 373. The van der Waals surface area contributed by atoms with Gasteiger partial charge in [-0.3, -0.25) is 4.79 Å². The average Bonchev–Trinajstić information content (AvgIpc) is 2.11. The summed E-state index contributed by atoms with van der Waals surface area (Å²) in [6.45, 7) is 3.48. The Morgan fingerprint density at radius 2 is 2.46 bits per heavy atom. The fourth-order valence-electron chi connectivity index (χ4n) is 0.891. The van der Waals surface area contributed by atoms with E-state index in [2.05, 4.69) is 16.5 Å². The number of H-pyrrole nitrogens is 1. The molecule has 4 nitrogen and oxygen atoms in total. The molecule has 70 valence electrons. The third-order valence-corrected chi connectivity index (χ3v) is 2.09. The molecule has 0 fully saturated rings. The molecule has 1 aromatic rings. The largest absolute Gasteiger partial charge is 0.493 e. The molecule has 0 saturated carbocycles. The maximum Gasteiger partial charge on any atom is 0.258 e. The lowest BCUT2D eigenvalue weighted by molar-refractivity contribution is 0.437. The van der Waals surface area contributed by atoms with Gasteiger partial charge in [0, 0.05) is 6.42 Å². The predicted octanol–water partition coefficient (Wildman–Crippen LogP) is 0.926. The standard InChI is InChI=1S/C8H10N2O2S/c1-3-4-5-6(11)9-8(13-2)10-7(5)12/h3H,1,4H2,2H3,(H2,9,10,11,12). The lowest BCUT2D eigenvalue weighted by Gasteiger charge is -2.01. The minimum absolute atomic E-state index is 0.215. The molecule has 0 aliphatic heterocycles. The summed E-state index contributed by atoms with van der Waals surface area (Å²) in [6.07, 6.45) is 3.64. The van der Waals surface area contributed by atoms with Gasteiger partial charge in [-0.1, -0.05) is 17.8 Å². The normalized spacial score (nSPS) is 9.92. The van der Waals surface area contributed by atoms with E-state index in [-0.39, 0.29) is 17.0 Å². The summed E-state index contributed by atoms with van der Waals surface area (Å²) in [7, 11) is 0. The monoisotopic (exact) mass is 198 g/mol. The first-order chi connectivity index (χ1) is 6.19. The van der Waals surface area contributed by atoms with Gasteiger partial charge in [-0.25, -0.2) is 0 Å². The number of aromatic hydroxyl groups is 1. The van der Waals surface area contributed by atoms with Crippen LogP contribution >= 0.6 is 11.8 Å². The Hall–Kier alpha value is -1.23. The minimum Gasteiger partial charge on any atom is -0.493 e. The molecule has 1 aromatic heterocycles. The van der Waals surface area contributed by atoms with Gasteiger partial charge < -0.3 is 10.1 Å². The van der Waals surface area contributed by atoms with Crippen LogP contribution in [0.3, 0.4) is 0 Å². The van der Waals surface area contributed by atoms with E-state index in [1.807, 2.05) is 0 Å². The van der Waals surface area contributed by atoms with Crippen molar-refractivity contribution in [2.75, 3.05) is 6.26 Å². The maximum atomic E-state index is 11.3. The van der Waals surface area contributed by atoms with Crippen LogP contribution in [-0.4, -0.2) is 21.3 Å². The van der Waals surface area contributed by atoms with Gasteiger partial charge in [-0.05, 0) is 6.26 Å². The van der Waals surface area contributed by atoms with Gasteiger partial charge >= 0.3 is 0 Å². The number of hydrogen-bond acceptors (Lipinski definition) is 4. The molecule has 0 aliphatic rings. The van der Waals surface area contributed by atoms with Crippen molar-refractivity contribution in [2.24, 2.45) is 0 Å². The van der Waals surface area contributed by atoms with Crippen molar-refractivity contribution in [1.29, 1.82) is 0 Å². The van der Waals surface area contributed by atoms with Crippen LogP contribution in [0.2, 0.25) is 0 Å². The van der Waals surface area contributed by atoms with E-state index in [1.165, 1.54) is 11.8 Å². The van der Waals surface area contributed by atoms with Gasteiger partial charge in [0.05, 0.1) is 5.56 Å². The molecule has 1 rings (SSSR count). The van der Waals surface area contributed by atoms with Crippen LogP contribution < -0.4 is 5.56 Å². The zero-order valence-corrected chi connectivity index (χ0v) is 8.02. The zero-order chi connectivity index (χ0) is 9.84. The number of rotatable bonds is 3. The summed E-state index contributed by atoms with van der Waals surface area (Å²) in [6, 6.07) is 0. The van der Waals surface area contributed by atoms with Crippen LogP contribution in [0.25, 0.3) is 0 Å². The highest BCUT2D eigenvalue weighted by Gasteiger charge is 2.07. The molecule has 1 heterocycles. The molecule has 0 spiro atoms. The molecule has 0 bridgehead atoms. The second-order valence-electron chi connectivity index (χ2n) is 2.37. The Morgan fingerprint density at radius 1 is 1.77 bits per heavy atom. The first-order valence-electron chi connectivity index (χ1n) is 3.66. The van der Waals surface area contributed by atoms with E-state index >= 15 is 0 Å². The van der Waals surface area contributed by atoms with E-state index in [1.54, 1.807) is 12.3 Å². The number of aromatic nitrogens is 2. The molecule has 13 heavy (non-hydrogen) atoms. The number of nitrogens with one attached hydrogen (secondary N) is 1. The third kappa shape index (κ3) is 2.12. The summed E-state index contributed by atoms with van der Waals surface area (Å²) >= 11 is 1.27. The molecule has 0 unspecified atom stereocenters. The summed E-state index contributed by atoms with van der Waals surface area (Å²) in [5.74, 6) is -0.215. The molecule has 2 N–H and O–H groups in total. The van der Waals surface area contributed by atoms with E-state index in [0.717, 1.165) is 0 Å². The van der Waals surface area contributed by atoms with Crippen LogP contribution in [0.15, 0.2) is 22.6 Å². The lowest BCUT2D eigenvalue weighted by Crippen LogP contribution is -2.14. The average molecular weight is 198 g/mol. The van der Waals surface area contributed by atoms with Crippen molar-refractivity contribution in [1.82, 2.24) is 9.97 Å². The van der Waals surface area contributed by atoms with E-state index in [9.17, 15) is 9.90 Å². The lowest BCUT2D eigenvalue weighted by atomic mass is 10.2. The molecular weight excluding hydrogens is 188 g/mol. The molecule has 0 aliphatic carbocycles. The molecule has 0 amide bonds. The number of aromatic amines is 1. The van der Waals surface area contributed by atoms with Crippen LogP contribution in [0.5, 0.6) is 5.88 Å². The maximum absolute atomic E-state index is 11.3. The SMILES string of the molecule is C=CCc1c(O)nc(SC)[nH]c1=O. The summed E-state index contributed by atoms with van der Waals surface area (Å²) in [5, 5.41) is 9.75. The number of thioether (sulfide) groups is 1. The first-order valence-corrected chi connectivity index (χ1v) is 4.88. The molecule has 5 heteroatoms.